The number of carboxylic acids is 1. The van der Waals surface area contributed by atoms with Crippen molar-refractivity contribution in [2.24, 2.45) is 5.73 Å². The second-order valence-corrected chi connectivity index (χ2v) is 14.1. The number of hydrogen-bond donors (Lipinski definition) is 8. The molecule has 2 aromatic heterocycles. The molecule has 2 aromatic rings. The second kappa shape index (κ2) is 12.2. The number of thioether (sulfide) groups is 1. The standard InChI is InChI=1S/C19H28N6O15P2S/c20-15-10-16(23-5-22-15)25(6-24-10)17-13(30)11(28)7(37-17)3-35-41(31,32)40-42(33,34)36-4-8-12(29)14-18(38-8)43-19(21,39-14)2-1-9(26)27/h5-8,11-14,17-18,28-30H,1-4,21H2,(H,26,27)(H,31,32)(H,33,34)(H2,20,22,23)/t7-,8-,11-,12-,13-,14-,17-,18-,19-/m1/s1. The number of imidazole rings is 1. The number of phosphoric ester groups is 2. The number of nitrogens with zero attached hydrogens (tertiary/aromatic N) is 4. The lowest BCUT2D eigenvalue weighted by molar-refractivity contribution is -0.138. The number of anilines is 1. The Balaban J connectivity index is 1.11. The fraction of sp³-hybridized carbons (Fsp3) is 0.684. The zero-order valence-electron chi connectivity index (χ0n) is 21.7. The van der Waals surface area contributed by atoms with Crippen molar-refractivity contribution in [3.8, 4) is 0 Å². The van der Waals surface area contributed by atoms with Crippen molar-refractivity contribution in [2.45, 2.75) is 66.2 Å². The highest BCUT2D eigenvalue weighted by atomic mass is 32.2. The molecule has 21 nitrogen and oxygen atoms in total. The summed E-state index contributed by atoms with van der Waals surface area (Å²) in [5.41, 5.74) is 11.3. The van der Waals surface area contributed by atoms with Crippen molar-refractivity contribution < 1.29 is 71.7 Å². The van der Waals surface area contributed by atoms with Crippen LogP contribution in [0.3, 0.4) is 0 Å². The zero-order valence-corrected chi connectivity index (χ0v) is 24.3. The highest BCUT2D eigenvalue weighted by molar-refractivity contribution is 8.01. The number of carboxylic acid groups (broad SMARTS) is 1. The summed E-state index contributed by atoms with van der Waals surface area (Å²) in [5.74, 6) is -1.04. The molecule has 0 aliphatic carbocycles. The Hall–Kier alpha value is -1.85. The van der Waals surface area contributed by atoms with E-state index in [0.717, 1.165) is 18.1 Å². The molecule has 3 saturated heterocycles. The van der Waals surface area contributed by atoms with E-state index in [9.17, 15) is 39.0 Å². The third-order valence-corrected chi connectivity index (χ3v) is 10.6. The molecule has 10 N–H and O–H groups in total. The van der Waals surface area contributed by atoms with Gasteiger partial charge in [-0.15, -0.1) is 0 Å². The average Bonchev–Trinajstić information content (AvgIpc) is 3.64. The van der Waals surface area contributed by atoms with Gasteiger partial charge in [0.2, 0.25) is 0 Å². The maximum absolute atomic E-state index is 12.4. The van der Waals surface area contributed by atoms with Crippen molar-refractivity contribution in [1.29, 1.82) is 0 Å². The van der Waals surface area contributed by atoms with E-state index in [4.69, 9.17) is 39.8 Å². The molecule has 240 valence electrons. The molecular weight excluding hydrogens is 646 g/mol. The average molecular weight is 674 g/mol. The summed E-state index contributed by atoms with van der Waals surface area (Å²) in [6.45, 7) is -1.67. The Bertz CT molecular complexity index is 1450. The van der Waals surface area contributed by atoms with Gasteiger partial charge in [0.15, 0.2) is 22.7 Å². The maximum Gasteiger partial charge on any atom is 0.481 e. The van der Waals surface area contributed by atoms with Crippen LogP contribution in [0, 0.1) is 0 Å². The quantitative estimate of drug-likeness (QED) is 0.113. The number of carbonyl (C=O) groups is 1. The van der Waals surface area contributed by atoms with Gasteiger partial charge in [-0.1, -0.05) is 11.8 Å². The molecule has 0 saturated carbocycles. The molecule has 0 aromatic carbocycles. The van der Waals surface area contributed by atoms with Crippen LogP contribution in [0.5, 0.6) is 0 Å². The molecule has 0 amide bonds. The number of nitrogen functional groups attached to an aromatic ring is 1. The minimum absolute atomic E-state index is 0.0559. The number of rotatable bonds is 12. The van der Waals surface area contributed by atoms with Crippen molar-refractivity contribution in [2.75, 3.05) is 18.9 Å². The van der Waals surface area contributed by atoms with Crippen LogP contribution >= 0.6 is 27.4 Å². The van der Waals surface area contributed by atoms with E-state index in [2.05, 4.69) is 19.3 Å². The van der Waals surface area contributed by atoms with Crippen LogP contribution < -0.4 is 11.5 Å². The van der Waals surface area contributed by atoms with Crippen LogP contribution in [-0.2, 0) is 41.5 Å². The van der Waals surface area contributed by atoms with Crippen LogP contribution in [0.25, 0.3) is 11.2 Å². The summed E-state index contributed by atoms with van der Waals surface area (Å²) < 4.78 is 56.3. The van der Waals surface area contributed by atoms with E-state index in [1.54, 1.807) is 0 Å². The number of aliphatic hydroxyl groups is 3. The molecule has 3 aliphatic rings. The van der Waals surface area contributed by atoms with Crippen LogP contribution in [-0.4, -0.2) is 116 Å². The van der Waals surface area contributed by atoms with E-state index in [1.807, 2.05) is 0 Å². The number of aliphatic carboxylic acids is 1. The summed E-state index contributed by atoms with van der Waals surface area (Å²) >= 11 is 0.916. The predicted molar refractivity (Wildman–Crippen MR) is 139 cm³/mol. The van der Waals surface area contributed by atoms with Gasteiger partial charge in [0.05, 0.1) is 26.0 Å². The third kappa shape index (κ3) is 7.03. The molecule has 11 atom stereocenters. The van der Waals surface area contributed by atoms with Crippen LogP contribution in [0.2, 0.25) is 0 Å². The lowest BCUT2D eigenvalue weighted by Gasteiger charge is -2.26. The molecule has 0 radical (unpaired) electrons. The first-order valence-corrected chi connectivity index (χ1v) is 16.3. The van der Waals surface area contributed by atoms with Gasteiger partial charge in [-0.05, 0) is 0 Å². The molecular formula is C19H28N6O15P2S. The van der Waals surface area contributed by atoms with E-state index in [0.29, 0.717) is 0 Å². The summed E-state index contributed by atoms with van der Waals surface area (Å²) in [6, 6.07) is 0. The molecule has 3 fully saturated rings. The first-order chi connectivity index (χ1) is 20.1. The van der Waals surface area contributed by atoms with E-state index < -0.39 is 88.2 Å². The summed E-state index contributed by atoms with van der Waals surface area (Å²) in [7, 11) is -10.6. The van der Waals surface area contributed by atoms with Gasteiger partial charge >= 0.3 is 21.6 Å². The van der Waals surface area contributed by atoms with Crippen LogP contribution in [0.1, 0.15) is 19.1 Å². The first-order valence-electron chi connectivity index (χ1n) is 12.4. The molecule has 43 heavy (non-hydrogen) atoms. The molecule has 3 aliphatic heterocycles. The minimum Gasteiger partial charge on any atom is -0.481 e. The fourth-order valence-electron chi connectivity index (χ4n) is 4.58. The fourth-order valence-corrected chi connectivity index (χ4v) is 8.00. The number of aromatic nitrogens is 4. The van der Waals surface area contributed by atoms with Gasteiger partial charge in [-0.2, -0.15) is 4.31 Å². The van der Waals surface area contributed by atoms with Gasteiger partial charge in [-0.25, -0.2) is 24.1 Å². The first kappa shape index (κ1) is 32.5. The van der Waals surface area contributed by atoms with Crippen molar-refractivity contribution >= 4 is 50.4 Å². The number of nitrogens with two attached hydrogens (primary N) is 2. The highest BCUT2D eigenvalue weighted by Gasteiger charge is 2.56. The molecule has 0 spiro atoms. The second-order valence-electron chi connectivity index (χ2n) is 9.68. The Kier molecular flexibility index (Phi) is 9.20. The molecule has 24 heteroatoms. The molecule has 0 bridgehead atoms. The Labute approximate surface area is 245 Å². The normalized spacial score (nSPS) is 36.9. The van der Waals surface area contributed by atoms with Crippen LogP contribution in [0.15, 0.2) is 12.7 Å². The number of aliphatic hydroxyl groups excluding tert-OH is 3. The summed E-state index contributed by atoms with van der Waals surface area (Å²) in [4.78, 5) is 42.6. The van der Waals surface area contributed by atoms with Gasteiger partial charge in [-0.3, -0.25) is 24.1 Å². The van der Waals surface area contributed by atoms with Crippen LogP contribution in [0.4, 0.5) is 5.82 Å². The van der Waals surface area contributed by atoms with Gasteiger partial charge in [0.1, 0.15) is 53.9 Å². The molecule has 5 heterocycles. The lowest BCUT2D eigenvalue weighted by Crippen LogP contribution is -2.42. The summed E-state index contributed by atoms with van der Waals surface area (Å²) in [5, 5.41) is 38.8. The highest BCUT2D eigenvalue weighted by Crippen LogP contribution is 2.61. The Morgan fingerprint density at radius 3 is 2.33 bits per heavy atom. The van der Waals surface area contributed by atoms with E-state index >= 15 is 0 Å². The zero-order chi connectivity index (χ0) is 31.3. The smallest absolute Gasteiger partial charge is 0.481 e. The SMILES string of the molecule is Nc1ncnc2c1ncn2[C@@H]1O[C@H](COP(=O)(O)OP(=O)(O)OC[C@H]2O[C@@H]3S[C@@](N)(CCC(=O)O)O[C@@H]3[C@@H]2O)[C@@H](O)[C@H]1O. The number of hydrogen-bond acceptors (Lipinski definition) is 18. The van der Waals surface area contributed by atoms with Crippen molar-refractivity contribution in [1.82, 2.24) is 19.5 Å². The minimum atomic E-state index is -5.33. The number of fused-ring (bicyclic) bond motifs is 2. The number of phosphoric acid groups is 2. The monoisotopic (exact) mass is 674 g/mol. The Morgan fingerprint density at radius 2 is 1.70 bits per heavy atom. The third-order valence-electron chi connectivity index (χ3n) is 6.64. The lowest BCUT2D eigenvalue weighted by atomic mass is 10.1. The number of ether oxygens (including phenoxy) is 3. The van der Waals surface area contributed by atoms with Crippen molar-refractivity contribution in [3.63, 3.8) is 0 Å². The van der Waals surface area contributed by atoms with Crippen molar-refractivity contribution in [3.05, 3.63) is 12.7 Å². The van der Waals surface area contributed by atoms with E-state index in [1.165, 1.54) is 10.9 Å². The molecule has 5 rings (SSSR count). The Morgan fingerprint density at radius 1 is 1.05 bits per heavy atom. The molecule has 2 unspecified atom stereocenters. The van der Waals surface area contributed by atoms with Gasteiger partial charge in [0, 0.05) is 6.42 Å². The largest absolute Gasteiger partial charge is 0.481 e. The predicted octanol–water partition coefficient (Wildman–Crippen LogP) is -2.03. The van der Waals surface area contributed by atoms with Gasteiger partial charge < -0.3 is 50.2 Å². The van der Waals surface area contributed by atoms with E-state index in [-0.39, 0.29) is 29.8 Å². The summed E-state index contributed by atoms with van der Waals surface area (Å²) in [6.07, 6.45) is -7.55. The topological polar surface area (TPSA) is 324 Å². The van der Waals surface area contributed by atoms with Gasteiger partial charge in [0.25, 0.3) is 0 Å². The maximum atomic E-state index is 12.4.